The zero-order valence-corrected chi connectivity index (χ0v) is 11.9. The van der Waals surface area contributed by atoms with Crippen molar-refractivity contribution >= 4 is 31.5 Å². The van der Waals surface area contributed by atoms with Crippen molar-refractivity contribution < 1.29 is 8.42 Å². The Labute approximate surface area is 115 Å². The third-order valence-electron chi connectivity index (χ3n) is 2.51. The Balaban J connectivity index is 2.33. The number of hydrogen-bond acceptors (Lipinski definition) is 3. The number of nitrogen functional groups attached to an aromatic ring is 1. The second kappa shape index (κ2) is 5.12. The Morgan fingerprint density at radius 3 is 2.22 bits per heavy atom. The molecular weight excluding hydrogens is 314 g/mol. The first-order valence-electron chi connectivity index (χ1n) is 5.31. The standard InChI is InChI=1S/C13H12BrNO2S/c14-12-3-1-2-4-13(12)18(16,17)9-10-5-7-11(15)8-6-10/h1-8H,9,15H2. The molecule has 0 saturated carbocycles. The fourth-order valence-electron chi connectivity index (χ4n) is 1.61. The van der Waals surface area contributed by atoms with Crippen molar-refractivity contribution in [1.82, 2.24) is 0 Å². The van der Waals surface area contributed by atoms with Crippen molar-refractivity contribution in [2.45, 2.75) is 10.6 Å². The molecule has 0 amide bonds. The van der Waals surface area contributed by atoms with Gasteiger partial charge in [-0.25, -0.2) is 8.42 Å². The minimum absolute atomic E-state index is 0.0319. The van der Waals surface area contributed by atoms with Gasteiger partial charge in [-0.1, -0.05) is 24.3 Å². The molecule has 0 heterocycles. The number of halogens is 1. The predicted molar refractivity (Wildman–Crippen MR) is 75.9 cm³/mol. The molecule has 94 valence electrons. The third-order valence-corrected chi connectivity index (χ3v) is 5.20. The van der Waals surface area contributed by atoms with E-state index >= 15 is 0 Å². The minimum atomic E-state index is -3.34. The first kappa shape index (κ1) is 13.1. The van der Waals surface area contributed by atoms with Gasteiger partial charge < -0.3 is 5.73 Å². The fraction of sp³-hybridized carbons (Fsp3) is 0.0769. The summed E-state index contributed by atoms with van der Waals surface area (Å²) in [5, 5.41) is 0. The topological polar surface area (TPSA) is 60.2 Å². The highest BCUT2D eigenvalue weighted by Gasteiger charge is 2.17. The lowest BCUT2D eigenvalue weighted by molar-refractivity contribution is 0.595. The molecule has 0 unspecified atom stereocenters. The van der Waals surface area contributed by atoms with Crippen LogP contribution in [0.5, 0.6) is 0 Å². The van der Waals surface area contributed by atoms with E-state index in [0.29, 0.717) is 15.1 Å². The van der Waals surface area contributed by atoms with E-state index in [1.807, 2.05) is 0 Å². The molecule has 2 N–H and O–H groups in total. The van der Waals surface area contributed by atoms with Gasteiger partial charge in [0.15, 0.2) is 9.84 Å². The van der Waals surface area contributed by atoms with E-state index in [-0.39, 0.29) is 5.75 Å². The first-order chi connectivity index (χ1) is 8.49. The SMILES string of the molecule is Nc1ccc(CS(=O)(=O)c2ccccc2Br)cc1. The van der Waals surface area contributed by atoms with Crippen molar-refractivity contribution in [2.75, 3.05) is 5.73 Å². The van der Waals surface area contributed by atoms with Crippen molar-refractivity contribution in [1.29, 1.82) is 0 Å². The van der Waals surface area contributed by atoms with E-state index in [4.69, 9.17) is 5.73 Å². The molecule has 0 radical (unpaired) electrons. The summed E-state index contributed by atoms with van der Waals surface area (Å²) in [6, 6.07) is 13.7. The van der Waals surface area contributed by atoms with E-state index < -0.39 is 9.84 Å². The maximum Gasteiger partial charge on any atom is 0.183 e. The highest BCUT2D eigenvalue weighted by atomic mass is 79.9. The number of sulfone groups is 1. The fourth-order valence-corrected chi connectivity index (χ4v) is 4.07. The second-order valence-electron chi connectivity index (χ2n) is 3.93. The lowest BCUT2D eigenvalue weighted by atomic mass is 10.2. The zero-order valence-electron chi connectivity index (χ0n) is 9.51. The van der Waals surface area contributed by atoms with Crippen molar-refractivity contribution in [3.05, 3.63) is 58.6 Å². The molecule has 0 bridgehead atoms. The monoisotopic (exact) mass is 325 g/mol. The molecule has 0 aliphatic rings. The molecule has 18 heavy (non-hydrogen) atoms. The van der Waals surface area contributed by atoms with E-state index in [2.05, 4.69) is 15.9 Å². The lowest BCUT2D eigenvalue weighted by Crippen LogP contribution is -2.05. The number of benzene rings is 2. The van der Waals surface area contributed by atoms with Crippen LogP contribution in [0.3, 0.4) is 0 Å². The average Bonchev–Trinajstić information content (AvgIpc) is 2.32. The van der Waals surface area contributed by atoms with Gasteiger partial charge >= 0.3 is 0 Å². The van der Waals surface area contributed by atoms with Crippen LogP contribution in [0.2, 0.25) is 0 Å². The van der Waals surface area contributed by atoms with Gasteiger partial charge in [-0.3, -0.25) is 0 Å². The number of hydrogen-bond donors (Lipinski definition) is 1. The first-order valence-corrected chi connectivity index (χ1v) is 7.75. The summed E-state index contributed by atoms with van der Waals surface area (Å²) in [4.78, 5) is 0.307. The molecule has 0 spiro atoms. The number of nitrogens with two attached hydrogens (primary N) is 1. The van der Waals surface area contributed by atoms with Crippen LogP contribution in [0, 0.1) is 0 Å². The molecule has 5 heteroatoms. The minimum Gasteiger partial charge on any atom is -0.399 e. The summed E-state index contributed by atoms with van der Waals surface area (Å²) in [7, 11) is -3.34. The number of rotatable bonds is 3. The second-order valence-corrected chi connectivity index (χ2v) is 6.74. The van der Waals surface area contributed by atoms with Crippen LogP contribution < -0.4 is 5.73 Å². The highest BCUT2D eigenvalue weighted by Crippen LogP contribution is 2.24. The summed E-state index contributed by atoms with van der Waals surface area (Å²) < 4.78 is 25.1. The maximum absolute atomic E-state index is 12.2. The molecule has 2 aromatic carbocycles. The van der Waals surface area contributed by atoms with Gasteiger partial charge in [0.1, 0.15) is 0 Å². The molecule has 0 aromatic heterocycles. The summed E-state index contributed by atoms with van der Waals surface area (Å²) >= 11 is 3.26. The van der Waals surface area contributed by atoms with Crippen LogP contribution in [-0.2, 0) is 15.6 Å². The Morgan fingerprint density at radius 2 is 1.61 bits per heavy atom. The Morgan fingerprint density at radius 1 is 1.00 bits per heavy atom. The quantitative estimate of drug-likeness (QED) is 0.882. The normalized spacial score (nSPS) is 11.4. The third kappa shape index (κ3) is 2.91. The average molecular weight is 326 g/mol. The molecule has 0 aliphatic heterocycles. The Kier molecular flexibility index (Phi) is 3.73. The Bertz CT molecular complexity index is 651. The van der Waals surface area contributed by atoms with Gasteiger partial charge in [0.05, 0.1) is 10.6 Å². The molecule has 0 aliphatic carbocycles. The van der Waals surface area contributed by atoms with Gasteiger partial charge in [-0.05, 0) is 45.8 Å². The van der Waals surface area contributed by atoms with E-state index in [1.54, 1.807) is 48.5 Å². The zero-order chi connectivity index (χ0) is 13.2. The molecule has 0 saturated heterocycles. The summed E-state index contributed by atoms with van der Waals surface area (Å²) in [6.07, 6.45) is 0. The summed E-state index contributed by atoms with van der Waals surface area (Å²) in [6.45, 7) is 0. The van der Waals surface area contributed by atoms with Gasteiger partial charge in [0.2, 0.25) is 0 Å². The molecule has 2 aromatic rings. The number of anilines is 1. The maximum atomic E-state index is 12.2. The van der Waals surface area contributed by atoms with Crippen LogP contribution in [-0.4, -0.2) is 8.42 Å². The van der Waals surface area contributed by atoms with Gasteiger partial charge in [0.25, 0.3) is 0 Å². The molecule has 3 nitrogen and oxygen atoms in total. The van der Waals surface area contributed by atoms with Crippen molar-refractivity contribution in [3.63, 3.8) is 0 Å². The highest BCUT2D eigenvalue weighted by molar-refractivity contribution is 9.10. The van der Waals surface area contributed by atoms with Crippen molar-refractivity contribution in [2.24, 2.45) is 0 Å². The molecular formula is C13H12BrNO2S. The predicted octanol–water partition coefficient (Wildman–Crippen LogP) is 3.01. The van der Waals surface area contributed by atoms with Crippen molar-refractivity contribution in [3.8, 4) is 0 Å². The van der Waals surface area contributed by atoms with E-state index in [9.17, 15) is 8.42 Å². The largest absolute Gasteiger partial charge is 0.399 e. The smallest absolute Gasteiger partial charge is 0.183 e. The lowest BCUT2D eigenvalue weighted by Gasteiger charge is -2.06. The van der Waals surface area contributed by atoms with E-state index in [1.165, 1.54) is 0 Å². The molecule has 2 rings (SSSR count). The van der Waals surface area contributed by atoms with E-state index in [0.717, 1.165) is 5.56 Å². The summed E-state index contributed by atoms with van der Waals surface area (Å²) in [5.41, 5.74) is 6.91. The summed E-state index contributed by atoms with van der Waals surface area (Å²) in [5.74, 6) is -0.0319. The molecule has 0 atom stereocenters. The van der Waals surface area contributed by atoms with Crippen LogP contribution in [0.4, 0.5) is 5.69 Å². The van der Waals surface area contributed by atoms with Crippen LogP contribution in [0.25, 0.3) is 0 Å². The van der Waals surface area contributed by atoms with Crippen LogP contribution >= 0.6 is 15.9 Å². The Hall–Kier alpha value is -1.33. The van der Waals surface area contributed by atoms with Gasteiger partial charge in [0, 0.05) is 10.2 Å². The van der Waals surface area contributed by atoms with Crippen LogP contribution in [0.1, 0.15) is 5.56 Å². The van der Waals surface area contributed by atoms with Gasteiger partial charge in [-0.15, -0.1) is 0 Å². The van der Waals surface area contributed by atoms with Crippen LogP contribution in [0.15, 0.2) is 57.9 Å². The van der Waals surface area contributed by atoms with Gasteiger partial charge in [-0.2, -0.15) is 0 Å². The molecule has 0 fully saturated rings.